The van der Waals surface area contributed by atoms with Crippen molar-refractivity contribution >= 4 is 17.7 Å². The zero-order valence-electron chi connectivity index (χ0n) is 10.7. The fraction of sp³-hybridized carbons (Fsp3) is 0.462. The Bertz CT molecular complexity index is 512. The largest absolute Gasteiger partial charge is 0.416 e. The number of nitrogens with zero attached hydrogens (tertiary/aromatic N) is 1. The SMILES string of the molecule is CN(C(=O)c1cc(C(F)(F)F)ccc1F)C1CCSC1. The van der Waals surface area contributed by atoms with Crippen LogP contribution in [0.3, 0.4) is 0 Å². The van der Waals surface area contributed by atoms with Crippen molar-refractivity contribution in [3.05, 3.63) is 35.1 Å². The Morgan fingerprint density at radius 2 is 2.10 bits per heavy atom. The molecule has 2 nitrogen and oxygen atoms in total. The molecule has 1 unspecified atom stereocenters. The van der Waals surface area contributed by atoms with Gasteiger partial charge in [0, 0.05) is 18.8 Å². The molecule has 2 rings (SSSR count). The van der Waals surface area contributed by atoms with E-state index >= 15 is 0 Å². The highest BCUT2D eigenvalue weighted by molar-refractivity contribution is 7.99. The molecule has 1 aliphatic rings. The molecule has 1 aliphatic heterocycles. The Hall–Kier alpha value is -1.24. The summed E-state index contributed by atoms with van der Waals surface area (Å²) in [6.07, 6.45) is -3.82. The Morgan fingerprint density at radius 3 is 2.65 bits per heavy atom. The van der Waals surface area contributed by atoms with E-state index in [9.17, 15) is 22.4 Å². The topological polar surface area (TPSA) is 20.3 Å². The summed E-state index contributed by atoms with van der Waals surface area (Å²) in [6, 6.07) is 1.85. The Balaban J connectivity index is 2.28. The van der Waals surface area contributed by atoms with Crippen LogP contribution in [0, 0.1) is 5.82 Å². The average Bonchev–Trinajstić information content (AvgIpc) is 2.90. The summed E-state index contributed by atoms with van der Waals surface area (Å²) in [5.41, 5.74) is -1.55. The first-order chi connectivity index (χ1) is 9.30. The van der Waals surface area contributed by atoms with Crippen LogP contribution in [0.5, 0.6) is 0 Å². The van der Waals surface area contributed by atoms with E-state index in [-0.39, 0.29) is 6.04 Å². The molecule has 1 fully saturated rings. The molecule has 1 aromatic carbocycles. The number of amides is 1. The highest BCUT2D eigenvalue weighted by atomic mass is 32.2. The van der Waals surface area contributed by atoms with Crippen molar-refractivity contribution in [2.75, 3.05) is 18.6 Å². The molecule has 1 heterocycles. The summed E-state index contributed by atoms with van der Waals surface area (Å²) in [5, 5.41) is 0. The third kappa shape index (κ3) is 3.08. The second-order valence-electron chi connectivity index (χ2n) is 4.63. The number of thioether (sulfide) groups is 1. The first-order valence-electron chi connectivity index (χ1n) is 6.02. The normalized spacial score (nSPS) is 19.1. The lowest BCUT2D eigenvalue weighted by atomic mass is 10.1. The van der Waals surface area contributed by atoms with E-state index in [0.29, 0.717) is 18.2 Å². The van der Waals surface area contributed by atoms with Crippen molar-refractivity contribution in [1.82, 2.24) is 4.90 Å². The number of halogens is 4. The van der Waals surface area contributed by atoms with Crippen LogP contribution >= 0.6 is 11.8 Å². The van der Waals surface area contributed by atoms with E-state index in [2.05, 4.69) is 0 Å². The summed E-state index contributed by atoms with van der Waals surface area (Å²) in [7, 11) is 1.50. The van der Waals surface area contributed by atoms with Gasteiger partial charge in [-0.25, -0.2) is 4.39 Å². The van der Waals surface area contributed by atoms with Gasteiger partial charge in [0.25, 0.3) is 5.91 Å². The molecule has 7 heteroatoms. The van der Waals surface area contributed by atoms with Crippen molar-refractivity contribution in [1.29, 1.82) is 0 Å². The second-order valence-corrected chi connectivity index (χ2v) is 5.78. The van der Waals surface area contributed by atoms with Gasteiger partial charge in [-0.15, -0.1) is 0 Å². The fourth-order valence-corrected chi connectivity index (χ4v) is 3.32. The van der Waals surface area contributed by atoms with Crippen LogP contribution in [-0.2, 0) is 6.18 Å². The number of carbonyl (C=O) groups is 1. The first kappa shape index (κ1) is 15.2. The van der Waals surface area contributed by atoms with Crippen LogP contribution in [0.15, 0.2) is 18.2 Å². The predicted molar refractivity (Wildman–Crippen MR) is 69.2 cm³/mol. The van der Waals surface area contributed by atoms with Crippen LogP contribution in [0.1, 0.15) is 22.3 Å². The monoisotopic (exact) mass is 307 g/mol. The van der Waals surface area contributed by atoms with Crippen LogP contribution < -0.4 is 0 Å². The molecule has 0 radical (unpaired) electrons. The molecule has 0 spiro atoms. The third-order valence-electron chi connectivity index (χ3n) is 3.30. The van der Waals surface area contributed by atoms with Gasteiger partial charge in [0.2, 0.25) is 0 Å². The zero-order valence-corrected chi connectivity index (χ0v) is 11.5. The van der Waals surface area contributed by atoms with Crippen LogP contribution in [0.4, 0.5) is 17.6 Å². The number of rotatable bonds is 2. The molecule has 1 amide bonds. The van der Waals surface area contributed by atoms with Gasteiger partial charge in [-0.2, -0.15) is 24.9 Å². The lowest BCUT2D eigenvalue weighted by Gasteiger charge is -2.24. The van der Waals surface area contributed by atoms with Gasteiger partial charge in [0.05, 0.1) is 11.1 Å². The van der Waals surface area contributed by atoms with Crippen molar-refractivity contribution in [3.63, 3.8) is 0 Å². The highest BCUT2D eigenvalue weighted by Crippen LogP contribution is 2.31. The van der Waals surface area contributed by atoms with Crippen molar-refractivity contribution in [3.8, 4) is 0 Å². The maximum absolute atomic E-state index is 13.6. The van der Waals surface area contributed by atoms with E-state index in [1.807, 2.05) is 0 Å². The molecule has 1 saturated heterocycles. The molecule has 0 bridgehead atoms. The first-order valence-corrected chi connectivity index (χ1v) is 7.18. The number of hydrogen-bond donors (Lipinski definition) is 0. The molecular weight excluding hydrogens is 294 g/mol. The Kier molecular flexibility index (Phi) is 4.27. The minimum atomic E-state index is -4.59. The van der Waals surface area contributed by atoms with E-state index in [1.54, 1.807) is 11.8 Å². The average molecular weight is 307 g/mol. The molecule has 0 aliphatic carbocycles. The summed E-state index contributed by atoms with van der Waals surface area (Å²) >= 11 is 1.67. The van der Waals surface area contributed by atoms with Crippen molar-refractivity contribution in [2.45, 2.75) is 18.6 Å². The van der Waals surface area contributed by atoms with Crippen LogP contribution in [-0.4, -0.2) is 35.4 Å². The van der Waals surface area contributed by atoms with Gasteiger partial charge in [0.15, 0.2) is 0 Å². The van der Waals surface area contributed by atoms with E-state index in [4.69, 9.17) is 0 Å². The van der Waals surface area contributed by atoms with Gasteiger partial charge in [0.1, 0.15) is 5.82 Å². The molecule has 110 valence electrons. The number of carbonyl (C=O) groups excluding carboxylic acids is 1. The molecule has 0 saturated carbocycles. The van der Waals surface area contributed by atoms with Gasteiger partial charge >= 0.3 is 6.18 Å². The number of alkyl halides is 3. The molecule has 20 heavy (non-hydrogen) atoms. The lowest BCUT2D eigenvalue weighted by Crippen LogP contribution is -2.37. The molecule has 1 atom stereocenters. The van der Waals surface area contributed by atoms with E-state index < -0.39 is 29.0 Å². The van der Waals surface area contributed by atoms with Gasteiger partial charge < -0.3 is 4.90 Å². The number of benzene rings is 1. The van der Waals surface area contributed by atoms with Gasteiger partial charge in [-0.3, -0.25) is 4.79 Å². The van der Waals surface area contributed by atoms with Crippen LogP contribution in [0.25, 0.3) is 0 Å². The fourth-order valence-electron chi connectivity index (χ4n) is 2.05. The van der Waals surface area contributed by atoms with E-state index in [1.165, 1.54) is 11.9 Å². The molecule has 0 aromatic heterocycles. The molecule has 0 N–H and O–H groups in total. The molecular formula is C13H13F4NOS. The smallest absolute Gasteiger partial charge is 0.338 e. The minimum absolute atomic E-state index is 0.0542. The Morgan fingerprint density at radius 1 is 1.40 bits per heavy atom. The quantitative estimate of drug-likeness (QED) is 0.780. The molecule has 1 aromatic rings. The van der Waals surface area contributed by atoms with Gasteiger partial charge in [-0.05, 0) is 30.4 Å². The third-order valence-corrected chi connectivity index (χ3v) is 4.44. The summed E-state index contributed by atoms with van der Waals surface area (Å²) < 4.78 is 51.5. The highest BCUT2D eigenvalue weighted by Gasteiger charge is 2.33. The zero-order chi connectivity index (χ0) is 14.9. The van der Waals surface area contributed by atoms with Gasteiger partial charge in [-0.1, -0.05) is 0 Å². The van der Waals surface area contributed by atoms with Crippen molar-refractivity contribution < 1.29 is 22.4 Å². The summed E-state index contributed by atoms with van der Waals surface area (Å²) in [5.74, 6) is -0.0162. The summed E-state index contributed by atoms with van der Waals surface area (Å²) in [6.45, 7) is 0. The Labute approximate surface area is 118 Å². The van der Waals surface area contributed by atoms with Crippen molar-refractivity contribution in [2.24, 2.45) is 0 Å². The lowest BCUT2D eigenvalue weighted by molar-refractivity contribution is -0.137. The second kappa shape index (κ2) is 5.63. The maximum Gasteiger partial charge on any atom is 0.416 e. The number of hydrogen-bond acceptors (Lipinski definition) is 2. The summed E-state index contributed by atoms with van der Waals surface area (Å²) in [4.78, 5) is 13.5. The predicted octanol–water partition coefficient (Wildman–Crippen LogP) is 3.42. The van der Waals surface area contributed by atoms with E-state index in [0.717, 1.165) is 17.9 Å². The standard InChI is InChI=1S/C13H13F4NOS/c1-18(9-4-5-20-7-9)12(19)10-6-8(13(15,16)17)2-3-11(10)14/h2-3,6,9H,4-5,7H2,1H3. The van der Waals surface area contributed by atoms with Crippen LogP contribution in [0.2, 0.25) is 0 Å². The maximum atomic E-state index is 13.6. The minimum Gasteiger partial charge on any atom is -0.338 e.